The molecular formula is C26H24ClN5O. The van der Waals surface area contributed by atoms with Crippen molar-refractivity contribution in [3.8, 4) is 28.4 Å². The Bertz CT molecular complexity index is 1230. The Morgan fingerprint density at radius 2 is 1.58 bits per heavy atom. The first-order chi connectivity index (χ1) is 16.2. The number of anilines is 2. The molecule has 1 fully saturated rings. The van der Waals surface area contributed by atoms with Crippen LogP contribution < -0.4 is 14.5 Å². The number of benzene rings is 2. The van der Waals surface area contributed by atoms with Gasteiger partial charge in [0, 0.05) is 60.8 Å². The molecule has 0 saturated carbocycles. The number of aromatic nitrogens is 3. The second-order valence-electron chi connectivity index (χ2n) is 7.83. The third-order valence-electron chi connectivity index (χ3n) is 5.80. The van der Waals surface area contributed by atoms with E-state index in [4.69, 9.17) is 26.3 Å². The summed E-state index contributed by atoms with van der Waals surface area (Å²) in [6.45, 7) is 3.45. The van der Waals surface area contributed by atoms with Gasteiger partial charge in [0.05, 0.1) is 18.5 Å². The lowest BCUT2D eigenvalue weighted by Gasteiger charge is -2.37. The average molecular weight is 458 g/mol. The predicted molar refractivity (Wildman–Crippen MR) is 133 cm³/mol. The zero-order valence-electron chi connectivity index (χ0n) is 18.4. The van der Waals surface area contributed by atoms with Gasteiger partial charge in [-0.15, -0.1) is 0 Å². The van der Waals surface area contributed by atoms with Gasteiger partial charge in [0.2, 0.25) is 0 Å². The smallest absolute Gasteiger partial charge is 0.163 e. The topological polar surface area (TPSA) is 54.4 Å². The number of hydrogen-bond donors (Lipinski definition) is 0. The van der Waals surface area contributed by atoms with Crippen molar-refractivity contribution in [1.29, 1.82) is 0 Å². The Morgan fingerprint density at radius 1 is 0.818 bits per heavy atom. The predicted octanol–water partition coefficient (Wildman–Crippen LogP) is 5.19. The number of rotatable bonds is 5. The number of methoxy groups -OCH3 is 1. The van der Waals surface area contributed by atoms with E-state index in [2.05, 4.69) is 26.9 Å². The van der Waals surface area contributed by atoms with E-state index >= 15 is 0 Å². The quantitative estimate of drug-likeness (QED) is 0.411. The fraction of sp³-hybridized carbons (Fsp3) is 0.192. The maximum Gasteiger partial charge on any atom is 0.163 e. The van der Waals surface area contributed by atoms with Crippen LogP contribution in [-0.4, -0.2) is 48.2 Å². The van der Waals surface area contributed by atoms with Crippen LogP contribution >= 0.6 is 11.6 Å². The van der Waals surface area contributed by atoms with Crippen LogP contribution in [0.5, 0.6) is 5.75 Å². The summed E-state index contributed by atoms with van der Waals surface area (Å²) in [5.41, 5.74) is 3.88. The number of halogens is 1. The highest BCUT2D eigenvalue weighted by atomic mass is 35.5. The van der Waals surface area contributed by atoms with Crippen molar-refractivity contribution in [2.45, 2.75) is 0 Å². The van der Waals surface area contributed by atoms with E-state index in [1.807, 2.05) is 54.6 Å². The largest absolute Gasteiger partial charge is 0.495 e. The summed E-state index contributed by atoms with van der Waals surface area (Å²) < 4.78 is 5.56. The number of piperazine rings is 1. The maximum atomic E-state index is 6.10. The summed E-state index contributed by atoms with van der Waals surface area (Å²) in [4.78, 5) is 18.7. The highest BCUT2D eigenvalue weighted by Gasteiger charge is 2.22. The molecule has 1 aliphatic heterocycles. The number of hydrogen-bond acceptors (Lipinski definition) is 6. The van der Waals surface area contributed by atoms with Crippen molar-refractivity contribution in [2.75, 3.05) is 43.1 Å². The molecule has 33 heavy (non-hydrogen) atoms. The lowest BCUT2D eigenvalue weighted by atomic mass is 10.1. The second kappa shape index (κ2) is 9.46. The number of para-hydroxylation sites is 2. The summed E-state index contributed by atoms with van der Waals surface area (Å²) >= 11 is 6.10. The Kier molecular flexibility index (Phi) is 6.09. The molecule has 0 amide bonds. The van der Waals surface area contributed by atoms with Gasteiger partial charge in [-0.25, -0.2) is 9.97 Å². The van der Waals surface area contributed by atoms with Crippen molar-refractivity contribution in [2.24, 2.45) is 0 Å². The van der Waals surface area contributed by atoms with E-state index in [-0.39, 0.29) is 0 Å². The van der Waals surface area contributed by atoms with Crippen LogP contribution in [0, 0.1) is 0 Å². The monoisotopic (exact) mass is 457 g/mol. The van der Waals surface area contributed by atoms with Gasteiger partial charge in [-0.3, -0.25) is 4.98 Å². The van der Waals surface area contributed by atoms with Crippen LogP contribution in [0.2, 0.25) is 5.02 Å². The molecule has 0 aliphatic carbocycles. The summed E-state index contributed by atoms with van der Waals surface area (Å²) in [7, 11) is 1.72. The van der Waals surface area contributed by atoms with Crippen molar-refractivity contribution in [1.82, 2.24) is 15.0 Å². The third-order valence-corrected chi connectivity index (χ3v) is 6.05. The van der Waals surface area contributed by atoms with Gasteiger partial charge in [0.1, 0.15) is 11.6 Å². The molecule has 0 atom stereocenters. The van der Waals surface area contributed by atoms with Gasteiger partial charge >= 0.3 is 0 Å². The van der Waals surface area contributed by atoms with Gasteiger partial charge in [-0.05, 0) is 36.4 Å². The van der Waals surface area contributed by atoms with Gasteiger partial charge in [0.15, 0.2) is 5.82 Å². The first kappa shape index (κ1) is 21.2. The molecule has 0 N–H and O–H groups in total. The average Bonchev–Trinajstić information content (AvgIpc) is 2.89. The van der Waals surface area contributed by atoms with Gasteiger partial charge in [0.25, 0.3) is 0 Å². The standard InChI is InChI=1S/C26H24ClN5O/c1-33-24-7-3-2-6-23(24)31-13-15-32(16-14-31)25-17-22(19-8-10-21(27)11-9-19)29-26(30-25)20-5-4-12-28-18-20/h2-12,17-18H,13-16H2,1H3. The van der Waals surface area contributed by atoms with Crippen molar-refractivity contribution in [3.63, 3.8) is 0 Å². The van der Waals surface area contributed by atoms with Crippen LogP contribution in [0.25, 0.3) is 22.6 Å². The Labute approximate surface area is 198 Å². The molecule has 7 heteroatoms. The van der Waals surface area contributed by atoms with Crippen LogP contribution in [0.15, 0.2) is 79.1 Å². The SMILES string of the molecule is COc1ccccc1N1CCN(c2cc(-c3ccc(Cl)cc3)nc(-c3cccnc3)n2)CC1. The van der Waals surface area contributed by atoms with Gasteiger partial charge in [-0.1, -0.05) is 35.9 Å². The van der Waals surface area contributed by atoms with Gasteiger partial charge < -0.3 is 14.5 Å². The van der Waals surface area contributed by atoms with E-state index in [1.54, 1.807) is 19.5 Å². The molecule has 0 spiro atoms. The zero-order valence-corrected chi connectivity index (χ0v) is 19.1. The molecule has 2 aromatic carbocycles. The molecule has 1 saturated heterocycles. The van der Waals surface area contributed by atoms with Gasteiger partial charge in [-0.2, -0.15) is 0 Å². The van der Waals surface area contributed by atoms with E-state index in [0.717, 1.165) is 60.3 Å². The minimum Gasteiger partial charge on any atom is -0.495 e. The first-order valence-electron chi connectivity index (χ1n) is 10.9. The summed E-state index contributed by atoms with van der Waals surface area (Å²) in [6, 6.07) is 21.8. The summed E-state index contributed by atoms with van der Waals surface area (Å²) in [5.74, 6) is 2.48. The number of pyridine rings is 1. The van der Waals surface area contributed by atoms with Crippen molar-refractivity contribution >= 4 is 23.1 Å². The molecule has 0 radical (unpaired) electrons. The summed E-state index contributed by atoms with van der Waals surface area (Å²) in [5, 5.41) is 0.702. The van der Waals surface area contributed by atoms with Crippen LogP contribution in [0.4, 0.5) is 11.5 Å². The molecule has 6 nitrogen and oxygen atoms in total. The Morgan fingerprint density at radius 3 is 2.30 bits per heavy atom. The Balaban J connectivity index is 1.45. The molecule has 0 bridgehead atoms. The molecular weight excluding hydrogens is 434 g/mol. The molecule has 2 aromatic heterocycles. The van der Waals surface area contributed by atoms with Crippen molar-refractivity contribution in [3.05, 3.63) is 84.1 Å². The minimum atomic E-state index is 0.665. The first-order valence-corrected chi connectivity index (χ1v) is 11.3. The molecule has 3 heterocycles. The Hall–Kier alpha value is -3.64. The van der Waals surface area contributed by atoms with Crippen molar-refractivity contribution < 1.29 is 4.74 Å². The third kappa shape index (κ3) is 4.61. The van der Waals surface area contributed by atoms with Crippen LogP contribution in [0.1, 0.15) is 0 Å². The van der Waals surface area contributed by atoms with E-state index in [1.165, 1.54) is 0 Å². The second-order valence-corrected chi connectivity index (χ2v) is 8.27. The van der Waals surface area contributed by atoms with Crippen LogP contribution in [-0.2, 0) is 0 Å². The molecule has 0 unspecified atom stereocenters. The van der Waals surface area contributed by atoms with Crippen LogP contribution in [0.3, 0.4) is 0 Å². The summed E-state index contributed by atoms with van der Waals surface area (Å²) in [6.07, 6.45) is 3.55. The highest BCUT2D eigenvalue weighted by Crippen LogP contribution is 2.31. The fourth-order valence-electron chi connectivity index (χ4n) is 4.06. The van der Waals surface area contributed by atoms with E-state index in [9.17, 15) is 0 Å². The lowest BCUT2D eigenvalue weighted by Crippen LogP contribution is -2.47. The zero-order chi connectivity index (χ0) is 22.6. The van der Waals surface area contributed by atoms with E-state index in [0.29, 0.717) is 10.8 Å². The molecule has 166 valence electrons. The molecule has 4 aromatic rings. The highest BCUT2D eigenvalue weighted by molar-refractivity contribution is 6.30. The molecule has 1 aliphatic rings. The lowest BCUT2D eigenvalue weighted by molar-refractivity contribution is 0.413. The number of ether oxygens (including phenoxy) is 1. The normalized spacial score (nSPS) is 13.8. The minimum absolute atomic E-state index is 0.665. The maximum absolute atomic E-state index is 6.10. The van der Waals surface area contributed by atoms with E-state index < -0.39 is 0 Å². The number of nitrogens with zero attached hydrogens (tertiary/aromatic N) is 5. The molecule has 5 rings (SSSR count). The fourth-order valence-corrected chi connectivity index (χ4v) is 4.18.